The molecule has 0 amide bonds. The van der Waals surface area contributed by atoms with Gasteiger partial charge in [0.2, 0.25) is 0 Å². The molecule has 132 valence electrons. The summed E-state index contributed by atoms with van der Waals surface area (Å²) in [6.07, 6.45) is 5.90. The summed E-state index contributed by atoms with van der Waals surface area (Å²) >= 11 is 1.43. The van der Waals surface area contributed by atoms with Gasteiger partial charge in [0.25, 0.3) is 0 Å². The van der Waals surface area contributed by atoms with Crippen LogP contribution < -0.4 is 0 Å². The van der Waals surface area contributed by atoms with Gasteiger partial charge in [-0.15, -0.1) is 10.2 Å². The van der Waals surface area contributed by atoms with E-state index in [0.29, 0.717) is 18.8 Å². The fraction of sp³-hybridized carbons (Fsp3) is 0.278. The predicted molar refractivity (Wildman–Crippen MR) is 97.4 cm³/mol. The molecule has 0 saturated carbocycles. The summed E-state index contributed by atoms with van der Waals surface area (Å²) in [7, 11) is 0. The van der Waals surface area contributed by atoms with Gasteiger partial charge in [-0.2, -0.15) is 5.26 Å². The Morgan fingerprint density at radius 1 is 1.19 bits per heavy atom. The molecule has 0 aliphatic carbocycles. The zero-order valence-corrected chi connectivity index (χ0v) is 15.2. The largest absolute Gasteiger partial charge is 0.382 e. The average molecular weight is 366 g/mol. The summed E-state index contributed by atoms with van der Waals surface area (Å²) in [5.74, 6) is 0.792. The summed E-state index contributed by atoms with van der Waals surface area (Å²) in [4.78, 5) is 8.36. The van der Waals surface area contributed by atoms with E-state index in [0.717, 1.165) is 34.5 Å². The van der Waals surface area contributed by atoms with Crippen molar-refractivity contribution in [3.63, 3.8) is 0 Å². The molecule has 0 N–H and O–H groups in total. The maximum Gasteiger partial charge on any atom is 0.197 e. The smallest absolute Gasteiger partial charge is 0.197 e. The lowest BCUT2D eigenvalue weighted by Gasteiger charge is -2.10. The highest BCUT2D eigenvalue weighted by atomic mass is 32.2. The first-order valence-electron chi connectivity index (χ1n) is 8.27. The van der Waals surface area contributed by atoms with Gasteiger partial charge in [0.15, 0.2) is 11.0 Å². The van der Waals surface area contributed by atoms with Crippen molar-refractivity contribution in [3.05, 3.63) is 48.4 Å². The third-order valence-electron chi connectivity index (χ3n) is 3.59. The van der Waals surface area contributed by atoms with Crippen LogP contribution in [0.1, 0.15) is 18.9 Å². The lowest BCUT2D eigenvalue weighted by molar-refractivity contribution is 0.141. The quantitative estimate of drug-likeness (QED) is 0.566. The first-order valence-corrected chi connectivity index (χ1v) is 9.09. The highest BCUT2D eigenvalue weighted by Crippen LogP contribution is 2.28. The second-order valence-electron chi connectivity index (χ2n) is 5.34. The molecule has 0 aliphatic rings. The van der Waals surface area contributed by atoms with Crippen molar-refractivity contribution in [3.8, 4) is 17.5 Å². The molecule has 0 aliphatic heterocycles. The predicted octanol–water partition coefficient (Wildman–Crippen LogP) is 3.18. The number of aromatic nitrogens is 5. The normalized spacial score (nSPS) is 10.6. The van der Waals surface area contributed by atoms with Gasteiger partial charge < -0.3 is 9.30 Å². The molecule has 3 rings (SSSR count). The van der Waals surface area contributed by atoms with Crippen LogP contribution in [0.4, 0.5) is 0 Å². The summed E-state index contributed by atoms with van der Waals surface area (Å²) in [6, 6.07) is 9.46. The van der Waals surface area contributed by atoms with Crippen molar-refractivity contribution < 1.29 is 4.74 Å². The molecular formula is C18H18N6OS. The Morgan fingerprint density at radius 2 is 2.04 bits per heavy atom. The monoisotopic (exact) mass is 366 g/mol. The molecule has 7 nitrogen and oxygen atoms in total. The number of rotatable bonds is 8. The van der Waals surface area contributed by atoms with E-state index < -0.39 is 0 Å². The Morgan fingerprint density at radius 3 is 2.73 bits per heavy atom. The van der Waals surface area contributed by atoms with Gasteiger partial charge in [-0.25, -0.2) is 4.98 Å². The molecule has 26 heavy (non-hydrogen) atoms. The Kier molecular flexibility index (Phi) is 6.30. The maximum atomic E-state index is 8.89. The van der Waals surface area contributed by atoms with Crippen molar-refractivity contribution in [1.29, 1.82) is 5.26 Å². The second kappa shape index (κ2) is 9.08. The lowest BCUT2D eigenvalue weighted by Crippen LogP contribution is -2.06. The molecule has 0 unspecified atom stereocenters. The van der Waals surface area contributed by atoms with Crippen molar-refractivity contribution in [2.24, 2.45) is 0 Å². The Bertz CT molecular complexity index is 873. The first kappa shape index (κ1) is 18.0. The number of nitrogens with zero attached hydrogens (tertiary/aromatic N) is 6. The van der Waals surface area contributed by atoms with E-state index in [1.54, 1.807) is 24.7 Å². The van der Waals surface area contributed by atoms with Crippen LogP contribution in [0.2, 0.25) is 0 Å². The fourth-order valence-corrected chi connectivity index (χ4v) is 3.15. The number of hydrogen-bond acceptors (Lipinski definition) is 7. The van der Waals surface area contributed by atoms with Crippen LogP contribution in [0, 0.1) is 11.3 Å². The van der Waals surface area contributed by atoms with Crippen LogP contribution in [0.3, 0.4) is 0 Å². The third-order valence-corrected chi connectivity index (χ3v) is 4.53. The van der Waals surface area contributed by atoms with E-state index in [1.165, 1.54) is 11.8 Å². The van der Waals surface area contributed by atoms with E-state index in [-0.39, 0.29) is 0 Å². The summed E-state index contributed by atoms with van der Waals surface area (Å²) in [6.45, 7) is 4.11. The molecule has 0 spiro atoms. The molecule has 3 aromatic heterocycles. The molecule has 0 atom stereocenters. The van der Waals surface area contributed by atoms with E-state index >= 15 is 0 Å². The Hall–Kier alpha value is -2.76. The standard InChI is InChI=1S/C18H18N6OS/c1-2-25-11-3-10-24-17(15-6-8-20-9-7-15)22-23-18(24)26-16-5-4-14(12-19)13-21-16/h4-9,13H,2-3,10-11H2,1H3. The van der Waals surface area contributed by atoms with Gasteiger partial charge in [-0.05, 0) is 49.4 Å². The van der Waals surface area contributed by atoms with Crippen LogP contribution in [0.25, 0.3) is 11.4 Å². The summed E-state index contributed by atoms with van der Waals surface area (Å²) in [5, 5.41) is 19.1. The van der Waals surface area contributed by atoms with Crippen LogP contribution >= 0.6 is 11.8 Å². The van der Waals surface area contributed by atoms with Gasteiger partial charge in [0, 0.05) is 43.9 Å². The topological polar surface area (TPSA) is 89.5 Å². The zero-order chi connectivity index (χ0) is 18.2. The van der Waals surface area contributed by atoms with E-state index in [9.17, 15) is 0 Å². The van der Waals surface area contributed by atoms with Gasteiger partial charge in [-0.1, -0.05) is 0 Å². The Balaban J connectivity index is 1.85. The molecule has 3 aromatic rings. The van der Waals surface area contributed by atoms with Crippen LogP contribution in [-0.4, -0.2) is 37.9 Å². The SMILES string of the molecule is CCOCCCn1c(Sc2ccc(C#N)cn2)nnc1-c1ccncc1. The van der Waals surface area contributed by atoms with Gasteiger partial charge >= 0.3 is 0 Å². The fourth-order valence-electron chi connectivity index (χ4n) is 2.35. The molecule has 0 bridgehead atoms. The molecule has 0 fully saturated rings. The van der Waals surface area contributed by atoms with E-state index in [4.69, 9.17) is 10.00 Å². The van der Waals surface area contributed by atoms with Gasteiger partial charge in [0.05, 0.1) is 5.56 Å². The van der Waals surface area contributed by atoms with Gasteiger partial charge in [-0.3, -0.25) is 4.98 Å². The van der Waals surface area contributed by atoms with Crippen molar-refractivity contribution in [2.75, 3.05) is 13.2 Å². The molecule has 0 aromatic carbocycles. The number of nitriles is 1. The van der Waals surface area contributed by atoms with Crippen LogP contribution in [-0.2, 0) is 11.3 Å². The minimum atomic E-state index is 0.532. The second-order valence-corrected chi connectivity index (χ2v) is 6.33. The molecule has 3 heterocycles. The number of hydrogen-bond donors (Lipinski definition) is 0. The third kappa shape index (κ3) is 4.45. The molecule has 8 heteroatoms. The van der Waals surface area contributed by atoms with Gasteiger partial charge in [0.1, 0.15) is 11.1 Å². The minimum Gasteiger partial charge on any atom is -0.382 e. The van der Waals surface area contributed by atoms with Crippen molar-refractivity contribution in [2.45, 2.75) is 30.1 Å². The molecule has 0 radical (unpaired) electrons. The van der Waals surface area contributed by atoms with E-state index in [1.807, 2.05) is 25.1 Å². The van der Waals surface area contributed by atoms with Crippen LogP contribution in [0.15, 0.2) is 53.0 Å². The van der Waals surface area contributed by atoms with E-state index in [2.05, 4.69) is 30.8 Å². The number of pyridine rings is 2. The van der Waals surface area contributed by atoms with Crippen molar-refractivity contribution >= 4 is 11.8 Å². The highest BCUT2D eigenvalue weighted by Gasteiger charge is 2.15. The molecule has 0 saturated heterocycles. The minimum absolute atomic E-state index is 0.532. The number of ether oxygens (including phenoxy) is 1. The lowest BCUT2D eigenvalue weighted by atomic mass is 10.2. The maximum absolute atomic E-state index is 8.89. The summed E-state index contributed by atoms with van der Waals surface area (Å²) < 4.78 is 7.52. The first-order chi connectivity index (χ1) is 12.8. The zero-order valence-electron chi connectivity index (χ0n) is 14.4. The highest BCUT2D eigenvalue weighted by molar-refractivity contribution is 7.99. The van der Waals surface area contributed by atoms with Crippen LogP contribution in [0.5, 0.6) is 0 Å². The Labute approximate surface area is 156 Å². The average Bonchev–Trinajstić information content (AvgIpc) is 3.09. The van der Waals surface area contributed by atoms with Crippen molar-refractivity contribution in [1.82, 2.24) is 24.7 Å². The molecular weight excluding hydrogens is 348 g/mol. The summed E-state index contributed by atoms with van der Waals surface area (Å²) in [5.41, 5.74) is 1.49.